The predicted molar refractivity (Wildman–Crippen MR) is 67.2 cm³/mol. The van der Waals surface area contributed by atoms with E-state index in [1.807, 2.05) is 0 Å². The van der Waals surface area contributed by atoms with E-state index in [0.717, 1.165) is 12.8 Å². The van der Waals surface area contributed by atoms with Crippen LogP contribution in [0.15, 0.2) is 17.5 Å². The number of aromatic nitrogens is 1. The third-order valence-corrected chi connectivity index (χ3v) is 3.43. The summed E-state index contributed by atoms with van der Waals surface area (Å²) in [6, 6.07) is 0. The molecule has 1 amide bonds. The molecular weight excluding hydrogens is 236 g/mol. The lowest BCUT2D eigenvalue weighted by Crippen LogP contribution is -2.14. The first-order valence-corrected chi connectivity index (χ1v) is 6.46. The van der Waals surface area contributed by atoms with Crippen LogP contribution in [0.3, 0.4) is 0 Å². The molecule has 0 unspecified atom stereocenters. The normalized spacial score (nSPS) is 18.3. The molecule has 5 heteroatoms. The summed E-state index contributed by atoms with van der Waals surface area (Å²) >= 11 is 1.28. The molecule has 0 bridgehead atoms. The fourth-order valence-corrected chi connectivity index (χ4v) is 2.53. The molecule has 90 valence electrons. The maximum atomic E-state index is 11.7. The van der Waals surface area contributed by atoms with Crippen LogP contribution in [0.5, 0.6) is 0 Å². The van der Waals surface area contributed by atoms with Crippen LogP contribution in [0, 0.1) is 5.92 Å². The Morgan fingerprint density at radius 3 is 3.00 bits per heavy atom. The Morgan fingerprint density at radius 2 is 2.41 bits per heavy atom. The van der Waals surface area contributed by atoms with Crippen molar-refractivity contribution in [2.24, 2.45) is 5.92 Å². The van der Waals surface area contributed by atoms with Crippen LogP contribution in [0.4, 0.5) is 5.13 Å². The minimum atomic E-state index is -0.0829. The number of rotatable bonds is 4. The molecule has 0 aromatic carbocycles. The van der Waals surface area contributed by atoms with Gasteiger partial charge in [0.1, 0.15) is 5.69 Å². The predicted octanol–water partition coefficient (Wildman–Crippen LogP) is 2.64. The molecule has 0 saturated heterocycles. The molecule has 1 aliphatic carbocycles. The Hall–Kier alpha value is -1.49. The van der Waals surface area contributed by atoms with Crippen LogP contribution < -0.4 is 5.32 Å². The van der Waals surface area contributed by atoms with Crippen LogP contribution in [0.1, 0.15) is 36.7 Å². The van der Waals surface area contributed by atoms with Gasteiger partial charge in [-0.05, 0) is 18.8 Å². The molecule has 0 radical (unpaired) electrons. The van der Waals surface area contributed by atoms with Crippen molar-refractivity contribution in [1.29, 1.82) is 0 Å². The SMILES string of the molecule is CC(=O)c1csc(NC(=O)C[C@@H]2C=CCC2)n1. The fourth-order valence-electron chi connectivity index (χ4n) is 1.77. The summed E-state index contributed by atoms with van der Waals surface area (Å²) in [5.74, 6) is 0.230. The highest BCUT2D eigenvalue weighted by Gasteiger charge is 2.15. The van der Waals surface area contributed by atoms with E-state index in [1.165, 1.54) is 18.3 Å². The number of nitrogens with one attached hydrogen (secondary N) is 1. The van der Waals surface area contributed by atoms with Gasteiger partial charge in [-0.1, -0.05) is 12.2 Å². The molecule has 1 heterocycles. The molecular formula is C12H14N2O2S. The summed E-state index contributed by atoms with van der Waals surface area (Å²) < 4.78 is 0. The van der Waals surface area contributed by atoms with Crippen LogP contribution in [-0.4, -0.2) is 16.7 Å². The first-order valence-electron chi connectivity index (χ1n) is 5.58. The van der Waals surface area contributed by atoms with Crippen molar-refractivity contribution in [2.75, 3.05) is 5.32 Å². The lowest BCUT2D eigenvalue weighted by molar-refractivity contribution is -0.116. The molecule has 1 N–H and O–H groups in total. The average molecular weight is 250 g/mol. The molecule has 0 aliphatic heterocycles. The maximum Gasteiger partial charge on any atom is 0.226 e. The summed E-state index contributed by atoms with van der Waals surface area (Å²) in [6.07, 6.45) is 6.79. The number of Topliss-reactive ketones (excluding diaryl/α,β-unsaturated/α-hetero) is 1. The van der Waals surface area contributed by atoms with E-state index in [1.54, 1.807) is 5.38 Å². The van der Waals surface area contributed by atoms with Gasteiger partial charge in [0.05, 0.1) is 0 Å². The molecule has 1 aliphatic rings. The van der Waals surface area contributed by atoms with Crippen molar-refractivity contribution in [3.63, 3.8) is 0 Å². The number of ketones is 1. The second-order valence-electron chi connectivity index (χ2n) is 4.11. The number of allylic oxidation sites excluding steroid dienone is 2. The molecule has 0 fully saturated rings. The monoisotopic (exact) mass is 250 g/mol. The zero-order chi connectivity index (χ0) is 12.3. The van der Waals surface area contributed by atoms with E-state index in [0.29, 0.717) is 23.2 Å². The van der Waals surface area contributed by atoms with E-state index in [9.17, 15) is 9.59 Å². The van der Waals surface area contributed by atoms with Gasteiger partial charge in [-0.15, -0.1) is 11.3 Å². The molecule has 1 atom stereocenters. The van der Waals surface area contributed by atoms with Crippen molar-refractivity contribution >= 4 is 28.2 Å². The first kappa shape index (κ1) is 12.0. The van der Waals surface area contributed by atoms with Gasteiger partial charge in [0.2, 0.25) is 5.91 Å². The zero-order valence-electron chi connectivity index (χ0n) is 9.60. The summed E-state index contributed by atoms with van der Waals surface area (Å²) in [4.78, 5) is 26.8. The molecule has 1 aromatic rings. The van der Waals surface area contributed by atoms with Crippen molar-refractivity contribution in [3.05, 3.63) is 23.2 Å². The minimum absolute atomic E-state index is 0.0361. The van der Waals surface area contributed by atoms with Gasteiger partial charge in [0, 0.05) is 18.7 Å². The molecule has 0 saturated carbocycles. The Bertz CT molecular complexity index is 465. The lowest BCUT2D eigenvalue weighted by atomic mass is 10.1. The zero-order valence-corrected chi connectivity index (χ0v) is 10.4. The highest BCUT2D eigenvalue weighted by Crippen LogP contribution is 2.22. The number of anilines is 1. The van der Waals surface area contributed by atoms with Crippen LogP contribution in [0.25, 0.3) is 0 Å². The topological polar surface area (TPSA) is 59.1 Å². The van der Waals surface area contributed by atoms with E-state index < -0.39 is 0 Å². The average Bonchev–Trinajstić information content (AvgIpc) is 2.88. The van der Waals surface area contributed by atoms with Gasteiger partial charge in [-0.25, -0.2) is 4.98 Å². The number of thiazole rings is 1. The van der Waals surface area contributed by atoms with Crippen LogP contribution in [-0.2, 0) is 4.79 Å². The molecule has 0 spiro atoms. The molecule has 2 rings (SSSR count). The van der Waals surface area contributed by atoms with Gasteiger partial charge in [-0.3, -0.25) is 9.59 Å². The highest BCUT2D eigenvalue weighted by molar-refractivity contribution is 7.14. The third kappa shape index (κ3) is 3.23. The van der Waals surface area contributed by atoms with E-state index in [4.69, 9.17) is 0 Å². The summed E-state index contributed by atoms with van der Waals surface area (Å²) in [5.41, 5.74) is 0.408. The van der Waals surface area contributed by atoms with Crippen LogP contribution in [0.2, 0.25) is 0 Å². The number of carbonyl (C=O) groups is 2. The van der Waals surface area contributed by atoms with Crippen molar-refractivity contribution in [3.8, 4) is 0 Å². The number of nitrogens with zero attached hydrogens (tertiary/aromatic N) is 1. The summed E-state index contributed by atoms with van der Waals surface area (Å²) in [6.45, 7) is 1.46. The van der Waals surface area contributed by atoms with Gasteiger partial charge < -0.3 is 5.32 Å². The second kappa shape index (κ2) is 5.23. The molecule has 1 aromatic heterocycles. The van der Waals surface area contributed by atoms with Gasteiger partial charge in [-0.2, -0.15) is 0 Å². The lowest BCUT2D eigenvalue weighted by Gasteiger charge is -2.06. The maximum absolute atomic E-state index is 11.7. The third-order valence-electron chi connectivity index (χ3n) is 2.67. The van der Waals surface area contributed by atoms with E-state index >= 15 is 0 Å². The second-order valence-corrected chi connectivity index (χ2v) is 4.97. The fraction of sp³-hybridized carbons (Fsp3) is 0.417. The highest BCUT2D eigenvalue weighted by atomic mass is 32.1. The van der Waals surface area contributed by atoms with Gasteiger partial charge >= 0.3 is 0 Å². The standard InChI is InChI=1S/C12H14N2O2S/c1-8(15)10-7-17-12(13-10)14-11(16)6-9-4-2-3-5-9/h2,4,7,9H,3,5-6H2,1H3,(H,13,14,16)/t9-/m1/s1. The van der Waals surface area contributed by atoms with Crippen molar-refractivity contribution in [1.82, 2.24) is 4.98 Å². The quantitative estimate of drug-likeness (QED) is 0.660. The Labute approximate surface area is 104 Å². The molecule has 17 heavy (non-hydrogen) atoms. The van der Waals surface area contributed by atoms with Gasteiger partial charge in [0.25, 0.3) is 0 Å². The number of carbonyl (C=O) groups excluding carboxylic acids is 2. The van der Waals surface area contributed by atoms with Crippen molar-refractivity contribution < 1.29 is 9.59 Å². The van der Waals surface area contributed by atoms with Crippen LogP contribution >= 0.6 is 11.3 Å². The summed E-state index contributed by atoms with van der Waals surface area (Å²) in [7, 11) is 0. The first-order chi connectivity index (χ1) is 8.15. The smallest absolute Gasteiger partial charge is 0.226 e. The number of hydrogen-bond donors (Lipinski definition) is 1. The Kier molecular flexibility index (Phi) is 3.68. The Morgan fingerprint density at radius 1 is 1.59 bits per heavy atom. The number of amides is 1. The van der Waals surface area contributed by atoms with E-state index in [2.05, 4.69) is 22.5 Å². The largest absolute Gasteiger partial charge is 0.302 e. The Balaban J connectivity index is 1.88. The number of hydrogen-bond acceptors (Lipinski definition) is 4. The summed E-state index contributed by atoms with van der Waals surface area (Å²) in [5, 5.41) is 4.89. The minimum Gasteiger partial charge on any atom is -0.302 e. The van der Waals surface area contributed by atoms with Gasteiger partial charge in [0.15, 0.2) is 10.9 Å². The molecule has 4 nitrogen and oxygen atoms in total. The van der Waals surface area contributed by atoms with E-state index in [-0.39, 0.29) is 11.7 Å². The van der Waals surface area contributed by atoms with Crippen molar-refractivity contribution in [2.45, 2.75) is 26.2 Å².